The molecule has 0 fully saturated rings. The van der Waals surface area contributed by atoms with Crippen molar-refractivity contribution in [2.24, 2.45) is 0 Å². The molecule has 0 amide bonds. The van der Waals surface area contributed by atoms with E-state index >= 15 is 0 Å². The van der Waals surface area contributed by atoms with Gasteiger partial charge in [0.2, 0.25) is 10.0 Å². The summed E-state index contributed by atoms with van der Waals surface area (Å²) in [6, 6.07) is 19.7. The maximum atomic E-state index is 12.5. The third-order valence-electron chi connectivity index (χ3n) is 4.43. The summed E-state index contributed by atoms with van der Waals surface area (Å²) in [5.41, 5.74) is 2.79. The molecular weight excluding hydrogens is 358 g/mol. The van der Waals surface area contributed by atoms with Crippen molar-refractivity contribution in [3.8, 4) is 0 Å². The van der Waals surface area contributed by atoms with Crippen LogP contribution >= 0.6 is 0 Å². The molecule has 0 heterocycles. The Labute approximate surface area is 161 Å². The molecule has 0 aliphatic heterocycles. The van der Waals surface area contributed by atoms with Crippen LogP contribution in [0.2, 0.25) is 0 Å². The Balaban J connectivity index is 1.89. The van der Waals surface area contributed by atoms with Crippen LogP contribution in [0.25, 0.3) is 10.8 Å². The van der Waals surface area contributed by atoms with Crippen LogP contribution in [-0.2, 0) is 16.6 Å². The van der Waals surface area contributed by atoms with Crippen molar-refractivity contribution in [3.05, 3.63) is 66.2 Å². The molecule has 0 bridgehead atoms. The molecule has 3 rings (SSSR count). The third kappa shape index (κ3) is 4.23. The Bertz CT molecular complexity index is 1050. The fourth-order valence-electron chi connectivity index (χ4n) is 2.93. The van der Waals surface area contributed by atoms with Gasteiger partial charge in [0.1, 0.15) is 0 Å². The molecule has 3 aromatic rings. The van der Waals surface area contributed by atoms with Crippen LogP contribution in [-0.4, -0.2) is 33.4 Å². The van der Waals surface area contributed by atoms with Crippen molar-refractivity contribution in [2.75, 3.05) is 31.3 Å². The van der Waals surface area contributed by atoms with Gasteiger partial charge in [0, 0.05) is 27.2 Å². The third-order valence-corrected chi connectivity index (χ3v) is 6.24. The van der Waals surface area contributed by atoms with Crippen LogP contribution in [0, 0.1) is 0 Å². The molecule has 3 aromatic carbocycles. The molecule has 0 unspecified atom stereocenters. The van der Waals surface area contributed by atoms with E-state index in [2.05, 4.69) is 41.0 Å². The topological polar surface area (TPSA) is 61.4 Å². The second kappa shape index (κ2) is 7.98. The molecule has 0 aliphatic carbocycles. The van der Waals surface area contributed by atoms with Gasteiger partial charge in [0.05, 0.1) is 16.3 Å². The fraction of sp³-hybridized carbons (Fsp3) is 0.238. The van der Waals surface area contributed by atoms with Crippen LogP contribution in [0.15, 0.2) is 65.6 Å². The van der Waals surface area contributed by atoms with Crippen molar-refractivity contribution in [1.29, 1.82) is 0 Å². The minimum absolute atomic E-state index is 0.273. The van der Waals surface area contributed by atoms with Crippen molar-refractivity contribution >= 4 is 32.2 Å². The largest absolute Gasteiger partial charge is 0.384 e. The van der Waals surface area contributed by atoms with Gasteiger partial charge in [-0.15, -0.1) is 0 Å². The molecule has 0 aliphatic rings. The van der Waals surface area contributed by atoms with Gasteiger partial charge in [-0.2, -0.15) is 0 Å². The first-order chi connectivity index (χ1) is 12.9. The lowest BCUT2D eigenvalue weighted by Gasteiger charge is -2.17. The summed E-state index contributed by atoms with van der Waals surface area (Å²) < 4.78 is 26.1. The molecule has 27 heavy (non-hydrogen) atoms. The highest BCUT2D eigenvalue weighted by Gasteiger charge is 2.18. The van der Waals surface area contributed by atoms with Gasteiger partial charge in [-0.1, -0.05) is 36.4 Å². The highest BCUT2D eigenvalue weighted by atomic mass is 32.2. The van der Waals surface area contributed by atoms with Gasteiger partial charge in [-0.3, -0.25) is 0 Å². The number of nitrogens with zero attached hydrogens (tertiary/aromatic N) is 1. The van der Waals surface area contributed by atoms with E-state index in [0.29, 0.717) is 6.54 Å². The van der Waals surface area contributed by atoms with E-state index in [1.165, 1.54) is 29.2 Å². The van der Waals surface area contributed by atoms with Crippen molar-refractivity contribution in [3.63, 3.8) is 0 Å². The molecule has 0 spiro atoms. The minimum atomic E-state index is -3.48. The average Bonchev–Trinajstić information content (AvgIpc) is 2.67. The summed E-state index contributed by atoms with van der Waals surface area (Å²) in [4.78, 5) is 0.273. The Morgan fingerprint density at radius 1 is 0.852 bits per heavy atom. The highest BCUT2D eigenvalue weighted by molar-refractivity contribution is 7.89. The number of hydrogen-bond donors (Lipinski definition) is 2. The summed E-state index contributed by atoms with van der Waals surface area (Å²) in [7, 11) is -0.402. The quantitative estimate of drug-likeness (QED) is 0.644. The van der Waals surface area contributed by atoms with Crippen LogP contribution in [0.5, 0.6) is 0 Å². The maximum Gasteiger partial charge on any atom is 0.242 e. The van der Waals surface area contributed by atoms with Gasteiger partial charge < -0.3 is 10.6 Å². The summed E-state index contributed by atoms with van der Waals surface area (Å²) in [6.45, 7) is 3.37. The molecule has 6 heteroatoms. The van der Waals surface area contributed by atoms with Crippen LogP contribution in [0.3, 0.4) is 0 Å². The van der Waals surface area contributed by atoms with Crippen molar-refractivity contribution < 1.29 is 8.42 Å². The summed E-state index contributed by atoms with van der Waals surface area (Å²) in [5, 5.41) is 9.05. The molecule has 5 nitrogen and oxygen atoms in total. The molecule has 0 radical (unpaired) electrons. The van der Waals surface area contributed by atoms with E-state index in [4.69, 9.17) is 0 Å². The Kier molecular flexibility index (Phi) is 5.68. The maximum absolute atomic E-state index is 12.5. The summed E-state index contributed by atoms with van der Waals surface area (Å²) in [5.74, 6) is 0. The minimum Gasteiger partial charge on any atom is -0.384 e. The fourth-order valence-corrected chi connectivity index (χ4v) is 3.86. The van der Waals surface area contributed by atoms with Gasteiger partial charge >= 0.3 is 0 Å². The standard InChI is InChI=1S/C21H25N3O2S/c1-4-22-20-12-11-19(27(25,26)24(2)3)14-21(20)23-15-16-9-10-17-7-5-6-8-18(17)13-16/h5-14,22-23H,4,15H2,1-3H3. The van der Waals surface area contributed by atoms with E-state index in [9.17, 15) is 8.42 Å². The smallest absolute Gasteiger partial charge is 0.242 e. The first-order valence-electron chi connectivity index (χ1n) is 8.94. The first-order valence-corrected chi connectivity index (χ1v) is 10.4. The van der Waals surface area contributed by atoms with Crippen molar-refractivity contribution in [2.45, 2.75) is 18.4 Å². The molecule has 2 N–H and O–H groups in total. The molecular formula is C21H25N3O2S. The zero-order chi connectivity index (χ0) is 19.4. The van der Waals surface area contributed by atoms with E-state index in [-0.39, 0.29) is 4.90 Å². The Hall–Kier alpha value is -2.57. The zero-order valence-corrected chi connectivity index (χ0v) is 16.7. The number of rotatable bonds is 7. The van der Waals surface area contributed by atoms with Crippen LogP contribution in [0.1, 0.15) is 12.5 Å². The lowest BCUT2D eigenvalue weighted by molar-refractivity contribution is 0.521. The van der Waals surface area contributed by atoms with Gasteiger partial charge in [0.25, 0.3) is 0 Å². The van der Waals surface area contributed by atoms with Gasteiger partial charge in [-0.25, -0.2) is 12.7 Å². The monoisotopic (exact) mass is 383 g/mol. The molecule has 142 valence electrons. The predicted molar refractivity (Wildman–Crippen MR) is 113 cm³/mol. The van der Waals surface area contributed by atoms with Crippen molar-refractivity contribution in [1.82, 2.24) is 4.31 Å². The van der Waals surface area contributed by atoms with Crippen LogP contribution < -0.4 is 10.6 Å². The van der Waals surface area contributed by atoms with E-state index in [0.717, 1.165) is 23.5 Å². The molecule has 0 saturated carbocycles. The van der Waals surface area contributed by atoms with E-state index < -0.39 is 10.0 Å². The normalized spacial score (nSPS) is 11.7. The number of fused-ring (bicyclic) bond motifs is 1. The molecule has 0 aromatic heterocycles. The Morgan fingerprint density at radius 3 is 2.30 bits per heavy atom. The average molecular weight is 384 g/mol. The summed E-state index contributed by atoms with van der Waals surface area (Å²) >= 11 is 0. The second-order valence-electron chi connectivity index (χ2n) is 6.56. The van der Waals surface area contributed by atoms with E-state index in [1.54, 1.807) is 12.1 Å². The first kappa shape index (κ1) is 19.2. The number of sulfonamides is 1. The second-order valence-corrected chi connectivity index (χ2v) is 8.71. The lowest BCUT2D eigenvalue weighted by Crippen LogP contribution is -2.22. The summed E-state index contributed by atoms with van der Waals surface area (Å²) in [6.07, 6.45) is 0. The number of nitrogens with one attached hydrogen (secondary N) is 2. The highest BCUT2D eigenvalue weighted by Crippen LogP contribution is 2.27. The number of hydrogen-bond acceptors (Lipinski definition) is 4. The molecule has 0 saturated heterocycles. The SMILES string of the molecule is CCNc1ccc(S(=O)(=O)N(C)C)cc1NCc1ccc2ccccc2c1. The Morgan fingerprint density at radius 2 is 1.59 bits per heavy atom. The molecule has 0 atom stereocenters. The zero-order valence-electron chi connectivity index (χ0n) is 15.9. The predicted octanol–water partition coefficient (Wildman–Crippen LogP) is 4.13. The number of benzene rings is 3. The van der Waals surface area contributed by atoms with Gasteiger partial charge in [-0.05, 0) is 47.5 Å². The van der Waals surface area contributed by atoms with Gasteiger partial charge in [0.15, 0.2) is 0 Å². The number of anilines is 2. The van der Waals surface area contributed by atoms with Crippen LogP contribution in [0.4, 0.5) is 11.4 Å². The lowest BCUT2D eigenvalue weighted by atomic mass is 10.1. The van der Waals surface area contributed by atoms with E-state index in [1.807, 2.05) is 25.1 Å².